The number of methoxy groups -OCH3 is 1. The van der Waals surface area contributed by atoms with E-state index < -0.39 is 5.97 Å². The third-order valence-corrected chi connectivity index (χ3v) is 2.13. The summed E-state index contributed by atoms with van der Waals surface area (Å²) in [4.78, 5) is 11.2. The molecule has 0 aromatic heterocycles. The summed E-state index contributed by atoms with van der Waals surface area (Å²) in [5.41, 5.74) is 0.349. The molecule has 4 nitrogen and oxygen atoms in total. The third kappa shape index (κ3) is 1.37. The van der Waals surface area contributed by atoms with Gasteiger partial charge in [-0.15, -0.1) is 0 Å². The quantitative estimate of drug-likeness (QED) is 0.670. The minimum Gasteiger partial charge on any atom is -0.465 e. The summed E-state index contributed by atoms with van der Waals surface area (Å²) in [6.45, 7) is 0.125. The van der Waals surface area contributed by atoms with Crippen molar-refractivity contribution < 1.29 is 19.0 Å². The maximum Gasteiger partial charge on any atom is 0.338 e. The number of carbonyl (C=O) groups excluding carboxylic acids is 1. The molecule has 1 aromatic carbocycles. The van der Waals surface area contributed by atoms with Gasteiger partial charge in [-0.05, 0) is 12.1 Å². The summed E-state index contributed by atoms with van der Waals surface area (Å²) in [6, 6.07) is 3.03. The van der Waals surface area contributed by atoms with Crippen molar-refractivity contribution in [1.82, 2.24) is 0 Å². The fourth-order valence-electron chi connectivity index (χ4n) is 1.20. The van der Waals surface area contributed by atoms with Gasteiger partial charge in [-0.3, -0.25) is 0 Å². The van der Waals surface area contributed by atoms with Gasteiger partial charge >= 0.3 is 5.97 Å². The number of halogens is 1. The summed E-state index contributed by atoms with van der Waals surface area (Å²) in [7, 11) is 1.31. The average molecular weight is 215 g/mol. The first-order valence-electron chi connectivity index (χ1n) is 3.90. The number of hydrogen-bond acceptors (Lipinski definition) is 4. The van der Waals surface area contributed by atoms with Crippen LogP contribution in [0.15, 0.2) is 12.1 Å². The van der Waals surface area contributed by atoms with Gasteiger partial charge in [0.15, 0.2) is 11.5 Å². The molecule has 0 saturated heterocycles. The molecular weight excluding hydrogens is 208 g/mol. The zero-order chi connectivity index (χ0) is 10.1. The minimum absolute atomic E-state index is 0.125. The first-order chi connectivity index (χ1) is 6.72. The Labute approximate surface area is 85.3 Å². The van der Waals surface area contributed by atoms with Gasteiger partial charge in [0.1, 0.15) is 0 Å². The molecule has 0 spiro atoms. The summed E-state index contributed by atoms with van der Waals surface area (Å²) in [6.07, 6.45) is 0. The van der Waals surface area contributed by atoms with Crippen LogP contribution in [0.3, 0.4) is 0 Å². The largest absolute Gasteiger partial charge is 0.465 e. The lowest BCUT2D eigenvalue weighted by molar-refractivity contribution is 0.0600. The highest BCUT2D eigenvalue weighted by molar-refractivity contribution is 6.32. The van der Waals surface area contributed by atoms with E-state index in [4.69, 9.17) is 21.1 Å². The first-order valence-corrected chi connectivity index (χ1v) is 4.27. The van der Waals surface area contributed by atoms with E-state index in [9.17, 15) is 4.79 Å². The predicted molar refractivity (Wildman–Crippen MR) is 48.9 cm³/mol. The Morgan fingerprint density at radius 3 is 3.00 bits per heavy atom. The van der Waals surface area contributed by atoms with Crippen molar-refractivity contribution >= 4 is 17.6 Å². The van der Waals surface area contributed by atoms with Gasteiger partial charge < -0.3 is 14.2 Å². The van der Waals surface area contributed by atoms with E-state index in [0.29, 0.717) is 22.1 Å². The Morgan fingerprint density at radius 1 is 1.50 bits per heavy atom. The lowest BCUT2D eigenvalue weighted by atomic mass is 10.2. The van der Waals surface area contributed by atoms with Crippen molar-refractivity contribution in [2.24, 2.45) is 0 Å². The molecule has 0 fully saturated rings. The Hall–Kier alpha value is -1.42. The van der Waals surface area contributed by atoms with Crippen LogP contribution in [0.25, 0.3) is 0 Å². The van der Waals surface area contributed by atoms with Gasteiger partial charge in [-0.25, -0.2) is 4.79 Å². The predicted octanol–water partition coefficient (Wildman–Crippen LogP) is 1.86. The number of esters is 1. The molecule has 2 rings (SSSR count). The Kier molecular flexibility index (Phi) is 2.21. The topological polar surface area (TPSA) is 44.8 Å². The molecule has 5 heteroatoms. The zero-order valence-electron chi connectivity index (χ0n) is 7.37. The number of fused-ring (bicyclic) bond motifs is 1. The molecule has 1 aliphatic heterocycles. The lowest BCUT2D eigenvalue weighted by Gasteiger charge is -2.02. The van der Waals surface area contributed by atoms with E-state index >= 15 is 0 Å². The van der Waals surface area contributed by atoms with Crippen molar-refractivity contribution in [3.8, 4) is 11.5 Å². The van der Waals surface area contributed by atoms with Crippen molar-refractivity contribution in [3.63, 3.8) is 0 Å². The fourth-order valence-corrected chi connectivity index (χ4v) is 1.47. The van der Waals surface area contributed by atoms with E-state index in [1.54, 1.807) is 6.07 Å². The summed E-state index contributed by atoms with van der Waals surface area (Å²) >= 11 is 5.86. The molecule has 0 radical (unpaired) electrons. The van der Waals surface area contributed by atoms with Gasteiger partial charge in [-0.2, -0.15) is 0 Å². The Bertz CT molecular complexity index is 389. The number of hydrogen-bond donors (Lipinski definition) is 0. The zero-order valence-corrected chi connectivity index (χ0v) is 8.13. The second kappa shape index (κ2) is 3.38. The number of carbonyl (C=O) groups is 1. The van der Waals surface area contributed by atoms with Crippen LogP contribution in [0.1, 0.15) is 10.4 Å². The van der Waals surface area contributed by atoms with Crippen molar-refractivity contribution in [1.29, 1.82) is 0 Å². The monoisotopic (exact) mass is 214 g/mol. The minimum atomic E-state index is -0.454. The molecule has 1 aromatic rings. The van der Waals surface area contributed by atoms with Gasteiger partial charge in [0.2, 0.25) is 6.79 Å². The van der Waals surface area contributed by atoms with Crippen LogP contribution in [0.4, 0.5) is 0 Å². The van der Waals surface area contributed by atoms with Gasteiger partial charge in [0.05, 0.1) is 17.7 Å². The van der Waals surface area contributed by atoms with Gasteiger partial charge in [-0.1, -0.05) is 11.6 Å². The van der Waals surface area contributed by atoms with Crippen LogP contribution in [0.5, 0.6) is 11.5 Å². The second-order valence-electron chi connectivity index (χ2n) is 2.68. The Morgan fingerprint density at radius 2 is 2.29 bits per heavy atom. The normalized spacial score (nSPS) is 12.7. The summed E-state index contributed by atoms with van der Waals surface area (Å²) in [5, 5.41) is 0.348. The van der Waals surface area contributed by atoms with Crippen LogP contribution in [0.2, 0.25) is 5.02 Å². The number of ether oxygens (including phenoxy) is 3. The molecule has 0 saturated carbocycles. The van der Waals surface area contributed by atoms with Crippen LogP contribution >= 0.6 is 11.6 Å². The van der Waals surface area contributed by atoms with E-state index in [1.807, 2.05) is 0 Å². The summed E-state index contributed by atoms with van der Waals surface area (Å²) < 4.78 is 14.7. The molecular formula is C9H7ClO4. The van der Waals surface area contributed by atoms with Crippen LogP contribution < -0.4 is 9.47 Å². The van der Waals surface area contributed by atoms with Crippen molar-refractivity contribution in [2.75, 3.05) is 13.9 Å². The second-order valence-corrected chi connectivity index (χ2v) is 3.09. The van der Waals surface area contributed by atoms with E-state index in [1.165, 1.54) is 13.2 Å². The van der Waals surface area contributed by atoms with Gasteiger partial charge in [0.25, 0.3) is 0 Å². The maximum absolute atomic E-state index is 11.2. The first kappa shape index (κ1) is 9.15. The van der Waals surface area contributed by atoms with Crippen molar-refractivity contribution in [3.05, 3.63) is 22.7 Å². The SMILES string of the molecule is COC(=O)c1cc(Cl)c2c(c1)OCO2. The summed E-state index contributed by atoms with van der Waals surface area (Å²) in [5.74, 6) is 0.488. The van der Waals surface area contributed by atoms with Crippen LogP contribution in [-0.4, -0.2) is 19.9 Å². The molecule has 0 aliphatic carbocycles. The van der Waals surface area contributed by atoms with Crippen LogP contribution in [-0.2, 0) is 4.74 Å². The van der Waals surface area contributed by atoms with Crippen molar-refractivity contribution in [2.45, 2.75) is 0 Å². The maximum atomic E-state index is 11.2. The highest BCUT2D eigenvalue weighted by atomic mass is 35.5. The van der Waals surface area contributed by atoms with E-state index in [-0.39, 0.29) is 6.79 Å². The average Bonchev–Trinajstić information content (AvgIpc) is 2.64. The number of rotatable bonds is 1. The number of benzene rings is 1. The fraction of sp³-hybridized carbons (Fsp3) is 0.222. The standard InChI is InChI=1S/C9H7ClO4/c1-12-9(11)5-2-6(10)8-7(3-5)13-4-14-8/h2-3H,4H2,1H3. The highest BCUT2D eigenvalue weighted by Gasteiger charge is 2.20. The van der Waals surface area contributed by atoms with Gasteiger partial charge in [0, 0.05) is 0 Å². The smallest absolute Gasteiger partial charge is 0.338 e. The third-order valence-electron chi connectivity index (χ3n) is 1.85. The molecule has 1 aliphatic rings. The molecule has 0 N–H and O–H groups in total. The van der Waals surface area contributed by atoms with E-state index in [2.05, 4.69) is 4.74 Å². The molecule has 74 valence electrons. The molecule has 0 amide bonds. The molecule has 0 atom stereocenters. The highest BCUT2D eigenvalue weighted by Crippen LogP contribution is 2.39. The van der Waals surface area contributed by atoms with E-state index in [0.717, 1.165) is 0 Å². The molecule has 0 bridgehead atoms. The Balaban J connectivity index is 2.46. The lowest BCUT2D eigenvalue weighted by Crippen LogP contribution is -2.00. The molecule has 0 unspecified atom stereocenters. The molecule has 14 heavy (non-hydrogen) atoms. The molecule has 1 heterocycles. The van der Waals surface area contributed by atoms with Crippen LogP contribution in [0, 0.1) is 0 Å².